The standard InChI is InChI=1S/C14H24N2O3/c1-2-18-13-4-3-5-14(12-13)19-11-10-17-9-8-16-7-6-15/h3-5,12,16H,2,6-11,15H2,1H3. The lowest BCUT2D eigenvalue weighted by Gasteiger charge is -2.09. The maximum atomic E-state index is 5.58. The highest BCUT2D eigenvalue weighted by atomic mass is 16.5. The number of rotatable bonds is 11. The predicted octanol–water partition coefficient (Wildman–Crippen LogP) is 1.03. The lowest BCUT2D eigenvalue weighted by atomic mass is 10.3. The molecular weight excluding hydrogens is 244 g/mol. The third-order valence-electron chi connectivity index (χ3n) is 2.36. The Hall–Kier alpha value is -1.30. The van der Waals surface area contributed by atoms with Crippen molar-refractivity contribution in [3.05, 3.63) is 24.3 Å². The summed E-state index contributed by atoms with van der Waals surface area (Å²) in [5, 5.41) is 3.16. The van der Waals surface area contributed by atoms with Crippen LogP contribution in [0, 0.1) is 0 Å². The number of nitrogens with two attached hydrogens (primary N) is 1. The first-order valence-electron chi connectivity index (χ1n) is 6.71. The fourth-order valence-corrected chi connectivity index (χ4v) is 1.51. The van der Waals surface area contributed by atoms with Gasteiger partial charge in [0.2, 0.25) is 0 Å². The van der Waals surface area contributed by atoms with Crippen LogP contribution in [0.3, 0.4) is 0 Å². The third kappa shape index (κ3) is 7.66. The van der Waals surface area contributed by atoms with Gasteiger partial charge in [-0.05, 0) is 19.1 Å². The molecule has 0 radical (unpaired) electrons. The second-order valence-corrected chi connectivity index (χ2v) is 3.91. The van der Waals surface area contributed by atoms with Crippen molar-refractivity contribution < 1.29 is 14.2 Å². The number of benzene rings is 1. The van der Waals surface area contributed by atoms with Gasteiger partial charge in [-0.15, -0.1) is 0 Å². The summed E-state index contributed by atoms with van der Waals surface area (Å²) in [6, 6.07) is 7.62. The van der Waals surface area contributed by atoms with Crippen LogP contribution in [-0.2, 0) is 4.74 Å². The van der Waals surface area contributed by atoms with Gasteiger partial charge in [0, 0.05) is 25.7 Å². The summed E-state index contributed by atoms with van der Waals surface area (Å²) in [6.45, 7) is 6.68. The van der Waals surface area contributed by atoms with E-state index < -0.39 is 0 Å². The minimum atomic E-state index is 0.534. The summed E-state index contributed by atoms with van der Waals surface area (Å²) in [6.07, 6.45) is 0. The molecule has 1 aromatic rings. The van der Waals surface area contributed by atoms with Gasteiger partial charge in [0.15, 0.2) is 0 Å². The van der Waals surface area contributed by atoms with E-state index >= 15 is 0 Å². The van der Waals surface area contributed by atoms with Crippen molar-refractivity contribution >= 4 is 0 Å². The molecule has 5 nitrogen and oxygen atoms in total. The van der Waals surface area contributed by atoms with Gasteiger partial charge in [-0.3, -0.25) is 0 Å². The van der Waals surface area contributed by atoms with Gasteiger partial charge in [-0.1, -0.05) is 6.07 Å². The van der Waals surface area contributed by atoms with Crippen molar-refractivity contribution in [3.8, 4) is 11.5 Å². The average molecular weight is 268 g/mol. The number of ether oxygens (including phenoxy) is 3. The highest BCUT2D eigenvalue weighted by molar-refractivity contribution is 5.32. The van der Waals surface area contributed by atoms with E-state index in [0.29, 0.717) is 33.0 Å². The van der Waals surface area contributed by atoms with Crippen molar-refractivity contribution in [2.75, 3.05) is 46.1 Å². The summed E-state index contributed by atoms with van der Waals surface area (Å²) in [5.74, 6) is 1.63. The maximum Gasteiger partial charge on any atom is 0.123 e. The minimum Gasteiger partial charge on any atom is -0.494 e. The Balaban J connectivity index is 2.07. The Morgan fingerprint density at radius 1 is 1.05 bits per heavy atom. The molecule has 0 aliphatic heterocycles. The van der Waals surface area contributed by atoms with Crippen LogP contribution < -0.4 is 20.5 Å². The van der Waals surface area contributed by atoms with E-state index in [9.17, 15) is 0 Å². The molecule has 0 aliphatic rings. The Kier molecular flexibility index (Phi) is 8.80. The monoisotopic (exact) mass is 268 g/mol. The van der Waals surface area contributed by atoms with Crippen LogP contribution in [0.25, 0.3) is 0 Å². The van der Waals surface area contributed by atoms with Crippen LogP contribution in [0.2, 0.25) is 0 Å². The molecule has 0 bridgehead atoms. The van der Waals surface area contributed by atoms with Gasteiger partial charge in [0.1, 0.15) is 18.1 Å². The molecule has 0 aliphatic carbocycles. The van der Waals surface area contributed by atoms with Crippen molar-refractivity contribution in [3.63, 3.8) is 0 Å². The first kappa shape index (κ1) is 15.8. The van der Waals surface area contributed by atoms with E-state index in [4.69, 9.17) is 19.9 Å². The molecule has 0 unspecified atom stereocenters. The molecule has 0 saturated carbocycles. The lowest BCUT2D eigenvalue weighted by Crippen LogP contribution is -2.26. The van der Waals surface area contributed by atoms with Gasteiger partial charge in [-0.25, -0.2) is 0 Å². The Morgan fingerprint density at radius 3 is 2.58 bits per heavy atom. The highest BCUT2D eigenvalue weighted by Gasteiger charge is 1.97. The maximum absolute atomic E-state index is 5.58. The Bertz CT molecular complexity index is 334. The summed E-state index contributed by atoms with van der Waals surface area (Å²) in [7, 11) is 0. The minimum absolute atomic E-state index is 0.534. The van der Waals surface area contributed by atoms with E-state index in [1.54, 1.807) is 0 Å². The van der Waals surface area contributed by atoms with Crippen molar-refractivity contribution in [2.24, 2.45) is 5.73 Å². The van der Waals surface area contributed by atoms with Crippen LogP contribution >= 0.6 is 0 Å². The fourth-order valence-electron chi connectivity index (χ4n) is 1.51. The molecule has 0 saturated heterocycles. The molecule has 0 atom stereocenters. The number of hydrogen-bond acceptors (Lipinski definition) is 5. The molecule has 5 heteroatoms. The summed E-state index contributed by atoms with van der Waals surface area (Å²) in [5.41, 5.74) is 5.36. The van der Waals surface area contributed by atoms with Gasteiger partial charge in [-0.2, -0.15) is 0 Å². The summed E-state index contributed by atoms with van der Waals surface area (Å²) < 4.78 is 16.4. The van der Waals surface area contributed by atoms with E-state index in [-0.39, 0.29) is 0 Å². The number of nitrogens with one attached hydrogen (secondary N) is 1. The SMILES string of the molecule is CCOc1cccc(OCCOCCNCCN)c1. The molecule has 0 heterocycles. The topological polar surface area (TPSA) is 65.7 Å². The molecule has 1 rings (SSSR count). The Morgan fingerprint density at radius 2 is 1.84 bits per heavy atom. The predicted molar refractivity (Wildman–Crippen MR) is 75.8 cm³/mol. The first-order valence-corrected chi connectivity index (χ1v) is 6.71. The van der Waals surface area contributed by atoms with Crippen LogP contribution in [-0.4, -0.2) is 46.1 Å². The zero-order valence-electron chi connectivity index (χ0n) is 11.6. The zero-order valence-corrected chi connectivity index (χ0v) is 11.6. The van der Waals surface area contributed by atoms with Crippen LogP contribution in [0.4, 0.5) is 0 Å². The van der Waals surface area contributed by atoms with E-state index in [2.05, 4.69) is 5.32 Å². The van der Waals surface area contributed by atoms with Crippen molar-refractivity contribution in [1.29, 1.82) is 0 Å². The second kappa shape index (κ2) is 10.6. The zero-order chi connectivity index (χ0) is 13.8. The van der Waals surface area contributed by atoms with E-state index in [0.717, 1.165) is 24.6 Å². The molecule has 0 aromatic heterocycles. The molecule has 19 heavy (non-hydrogen) atoms. The van der Waals surface area contributed by atoms with Gasteiger partial charge < -0.3 is 25.3 Å². The Labute approximate surface area is 115 Å². The summed E-state index contributed by atoms with van der Waals surface area (Å²) >= 11 is 0. The van der Waals surface area contributed by atoms with E-state index in [1.807, 2.05) is 31.2 Å². The molecular formula is C14H24N2O3. The fraction of sp³-hybridized carbons (Fsp3) is 0.571. The lowest BCUT2D eigenvalue weighted by molar-refractivity contribution is 0.102. The molecule has 0 amide bonds. The molecule has 108 valence electrons. The summed E-state index contributed by atoms with van der Waals surface area (Å²) in [4.78, 5) is 0. The van der Waals surface area contributed by atoms with Crippen LogP contribution in [0.1, 0.15) is 6.92 Å². The van der Waals surface area contributed by atoms with Crippen molar-refractivity contribution in [2.45, 2.75) is 6.92 Å². The van der Waals surface area contributed by atoms with Gasteiger partial charge in [0.05, 0.1) is 19.8 Å². The normalized spacial score (nSPS) is 10.4. The first-order chi connectivity index (χ1) is 9.36. The molecule has 1 aromatic carbocycles. The third-order valence-corrected chi connectivity index (χ3v) is 2.36. The quantitative estimate of drug-likeness (QED) is 0.587. The van der Waals surface area contributed by atoms with Gasteiger partial charge in [0.25, 0.3) is 0 Å². The smallest absolute Gasteiger partial charge is 0.123 e. The van der Waals surface area contributed by atoms with E-state index in [1.165, 1.54) is 0 Å². The molecule has 0 spiro atoms. The van der Waals surface area contributed by atoms with Gasteiger partial charge >= 0.3 is 0 Å². The molecule has 0 fully saturated rings. The number of hydrogen-bond donors (Lipinski definition) is 2. The molecule has 3 N–H and O–H groups in total. The second-order valence-electron chi connectivity index (χ2n) is 3.91. The van der Waals surface area contributed by atoms with Crippen LogP contribution in [0.5, 0.6) is 11.5 Å². The highest BCUT2D eigenvalue weighted by Crippen LogP contribution is 2.19. The van der Waals surface area contributed by atoms with Crippen molar-refractivity contribution in [1.82, 2.24) is 5.32 Å². The van der Waals surface area contributed by atoms with Crippen LogP contribution in [0.15, 0.2) is 24.3 Å². The largest absolute Gasteiger partial charge is 0.494 e. The average Bonchev–Trinajstić information content (AvgIpc) is 2.43.